The Morgan fingerprint density at radius 2 is 2.05 bits per heavy atom. The normalized spacial score (nSPS) is 18.5. The van der Waals surface area contributed by atoms with Crippen molar-refractivity contribution in [2.45, 2.75) is 32.4 Å². The standard InChI is InChI=1S/C16H18N4O/c1-16(2,3)20-15-18-13(14(21)19-15)11-6-7-12-10(9-11)5-4-8-17-12/h4-9,13H,1-3H3,(H2,18,19,20,21). The molecule has 1 unspecified atom stereocenters. The monoisotopic (exact) mass is 282 g/mol. The van der Waals surface area contributed by atoms with Gasteiger partial charge >= 0.3 is 0 Å². The molecule has 2 N–H and O–H groups in total. The van der Waals surface area contributed by atoms with Gasteiger partial charge in [0.1, 0.15) is 0 Å². The molecule has 0 fully saturated rings. The second-order valence-electron chi connectivity index (χ2n) is 6.20. The molecule has 0 bridgehead atoms. The summed E-state index contributed by atoms with van der Waals surface area (Å²) in [5, 5.41) is 6.99. The van der Waals surface area contributed by atoms with Crippen LogP contribution >= 0.6 is 0 Å². The average Bonchev–Trinajstić information content (AvgIpc) is 2.76. The van der Waals surface area contributed by atoms with Crippen LogP contribution in [0, 0.1) is 0 Å². The highest BCUT2D eigenvalue weighted by Gasteiger charge is 2.29. The molecule has 5 heteroatoms. The zero-order valence-electron chi connectivity index (χ0n) is 12.3. The predicted molar refractivity (Wildman–Crippen MR) is 83.0 cm³/mol. The molecule has 5 nitrogen and oxygen atoms in total. The fourth-order valence-corrected chi connectivity index (χ4v) is 2.31. The molecule has 1 aromatic carbocycles. The van der Waals surface area contributed by atoms with E-state index >= 15 is 0 Å². The Balaban J connectivity index is 1.92. The first-order valence-corrected chi connectivity index (χ1v) is 6.94. The number of carbonyl (C=O) groups excluding carboxylic acids is 1. The molecule has 1 aliphatic rings. The molecule has 1 aliphatic heterocycles. The van der Waals surface area contributed by atoms with Crippen LogP contribution in [0.25, 0.3) is 10.9 Å². The molecule has 21 heavy (non-hydrogen) atoms. The maximum absolute atomic E-state index is 12.1. The van der Waals surface area contributed by atoms with Crippen molar-refractivity contribution in [3.8, 4) is 0 Å². The van der Waals surface area contributed by atoms with Crippen LogP contribution < -0.4 is 10.6 Å². The van der Waals surface area contributed by atoms with Gasteiger partial charge in [0.05, 0.1) is 5.52 Å². The molecule has 1 aromatic heterocycles. The Morgan fingerprint density at radius 3 is 2.81 bits per heavy atom. The predicted octanol–water partition coefficient (Wildman–Crippen LogP) is 2.15. The summed E-state index contributed by atoms with van der Waals surface area (Å²) in [4.78, 5) is 20.9. The molecule has 0 spiro atoms. The summed E-state index contributed by atoms with van der Waals surface area (Å²) in [5.41, 5.74) is 1.64. The van der Waals surface area contributed by atoms with E-state index in [0.29, 0.717) is 5.96 Å². The van der Waals surface area contributed by atoms with Crippen molar-refractivity contribution in [2.75, 3.05) is 0 Å². The van der Waals surface area contributed by atoms with E-state index in [0.717, 1.165) is 16.5 Å². The van der Waals surface area contributed by atoms with Gasteiger partial charge in [-0.1, -0.05) is 12.1 Å². The Hall–Kier alpha value is -2.43. The van der Waals surface area contributed by atoms with Crippen LogP contribution in [0.1, 0.15) is 32.4 Å². The first-order valence-electron chi connectivity index (χ1n) is 6.94. The lowest BCUT2D eigenvalue weighted by Crippen LogP contribution is -2.46. The van der Waals surface area contributed by atoms with Gasteiger partial charge in [-0.2, -0.15) is 0 Å². The summed E-state index contributed by atoms with van der Waals surface area (Å²) >= 11 is 0. The van der Waals surface area contributed by atoms with Gasteiger partial charge in [0.2, 0.25) is 0 Å². The smallest absolute Gasteiger partial charge is 0.256 e. The highest BCUT2D eigenvalue weighted by atomic mass is 16.2. The minimum Gasteiger partial charge on any atom is -0.351 e. The van der Waals surface area contributed by atoms with Gasteiger partial charge in [-0.15, -0.1) is 0 Å². The number of aromatic nitrogens is 1. The van der Waals surface area contributed by atoms with Crippen molar-refractivity contribution in [1.29, 1.82) is 0 Å². The fraction of sp³-hybridized carbons (Fsp3) is 0.312. The molecular formula is C16H18N4O. The summed E-state index contributed by atoms with van der Waals surface area (Å²) in [6.45, 7) is 6.07. The minimum absolute atomic E-state index is 0.106. The lowest BCUT2D eigenvalue weighted by Gasteiger charge is -2.21. The first-order chi connectivity index (χ1) is 9.92. The van der Waals surface area contributed by atoms with E-state index in [4.69, 9.17) is 0 Å². The molecule has 1 atom stereocenters. The van der Waals surface area contributed by atoms with Gasteiger partial charge in [-0.05, 0) is 44.5 Å². The van der Waals surface area contributed by atoms with Crippen LogP contribution in [0.15, 0.2) is 41.5 Å². The zero-order chi connectivity index (χ0) is 15.0. The molecule has 108 valence electrons. The van der Waals surface area contributed by atoms with E-state index in [2.05, 4.69) is 20.6 Å². The third-order valence-corrected chi connectivity index (χ3v) is 3.18. The highest BCUT2D eigenvalue weighted by Crippen LogP contribution is 2.24. The fourth-order valence-electron chi connectivity index (χ4n) is 2.31. The summed E-state index contributed by atoms with van der Waals surface area (Å²) < 4.78 is 0. The third-order valence-electron chi connectivity index (χ3n) is 3.18. The zero-order valence-corrected chi connectivity index (χ0v) is 12.3. The largest absolute Gasteiger partial charge is 0.351 e. The Morgan fingerprint density at radius 1 is 1.24 bits per heavy atom. The molecule has 3 rings (SSSR count). The second-order valence-corrected chi connectivity index (χ2v) is 6.20. The van der Waals surface area contributed by atoms with Gasteiger partial charge in [0.15, 0.2) is 12.0 Å². The molecule has 2 heterocycles. The first kappa shape index (κ1) is 13.5. The van der Waals surface area contributed by atoms with Crippen molar-refractivity contribution >= 4 is 22.8 Å². The van der Waals surface area contributed by atoms with Crippen molar-refractivity contribution in [3.63, 3.8) is 0 Å². The lowest BCUT2D eigenvalue weighted by atomic mass is 10.0. The van der Waals surface area contributed by atoms with Gasteiger partial charge in [-0.3, -0.25) is 15.1 Å². The molecule has 1 amide bonds. The van der Waals surface area contributed by atoms with Crippen molar-refractivity contribution in [3.05, 3.63) is 42.1 Å². The maximum Gasteiger partial charge on any atom is 0.256 e. The van der Waals surface area contributed by atoms with E-state index in [1.807, 2.05) is 51.1 Å². The molecule has 0 radical (unpaired) electrons. The van der Waals surface area contributed by atoms with Crippen molar-refractivity contribution in [1.82, 2.24) is 15.6 Å². The number of guanidine groups is 1. The number of hydrogen-bond donors (Lipinski definition) is 2. The van der Waals surface area contributed by atoms with Crippen LogP contribution in [0.4, 0.5) is 0 Å². The maximum atomic E-state index is 12.1. The Kier molecular flexibility index (Phi) is 3.12. The van der Waals surface area contributed by atoms with Crippen LogP contribution in [0.2, 0.25) is 0 Å². The van der Waals surface area contributed by atoms with E-state index in [1.54, 1.807) is 6.20 Å². The quantitative estimate of drug-likeness (QED) is 0.842. The SMILES string of the molecule is CC(C)(C)NC1=NC(c2ccc3ncccc3c2)C(=O)N1. The molecule has 2 aromatic rings. The molecule has 0 aliphatic carbocycles. The number of hydrogen-bond acceptors (Lipinski definition) is 4. The van der Waals surface area contributed by atoms with Gasteiger partial charge in [0, 0.05) is 17.1 Å². The van der Waals surface area contributed by atoms with Crippen LogP contribution in [-0.2, 0) is 4.79 Å². The number of benzene rings is 1. The van der Waals surface area contributed by atoms with E-state index < -0.39 is 6.04 Å². The lowest BCUT2D eigenvalue weighted by molar-refractivity contribution is -0.120. The van der Waals surface area contributed by atoms with Crippen molar-refractivity contribution < 1.29 is 4.79 Å². The topological polar surface area (TPSA) is 66.4 Å². The van der Waals surface area contributed by atoms with E-state index in [-0.39, 0.29) is 11.4 Å². The van der Waals surface area contributed by atoms with Crippen LogP contribution in [0.5, 0.6) is 0 Å². The number of nitrogens with one attached hydrogen (secondary N) is 2. The molecular weight excluding hydrogens is 264 g/mol. The van der Waals surface area contributed by atoms with E-state index in [9.17, 15) is 4.79 Å². The molecule has 0 saturated heterocycles. The number of carbonyl (C=O) groups is 1. The van der Waals surface area contributed by atoms with Crippen LogP contribution in [0.3, 0.4) is 0 Å². The third kappa shape index (κ3) is 2.86. The van der Waals surface area contributed by atoms with Crippen molar-refractivity contribution in [2.24, 2.45) is 4.99 Å². The Bertz CT molecular complexity index is 730. The highest BCUT2D eigenvalue weighted by molar-refractivity contribution is 6.05. The number of pyridine rings is 1. The number of nitrogens with zero attached hydrogens (tertiary/aromatic N) is 2. The minimum atomic E-state index is -0.501. The van der Waals surface area contributed by atoms with E-state index in [1.165, 1.54) is 0 Å². The summed E-state index contributed by atoms with van der Waals surface area (Å²) in [6.07, 6.45) is 1.76. The summed E-state index contributed by atoms with van der Waals surface area (Å²) in [6, 6.07) is 9.16. The number of fused-ring (bicyclic) bond motifs is 1. The van der Waals surface area contributed by atoms with Gasteiger partial charge < -0.3 is 5.32 Å². The van der Waals surface area contributed by atoms with Gasteiger partial charge in [0.25, 0.3) is 5.91 Å². The second kappa shape index (κ2) is 4.84. The number of rotatable bonds is 1. The van der Waals surface area contributed by atoms with Gasteiger partial charge in [-0.25, -0.2) is 4.99 Å². The summed E-state index contributed by atoms with van der Waals surface area (Å²) in [7, 11) is 0. The average molecular weight is 282 g/mol. The Labute approximate surface area is 123 Å². The number of aliphatic imine (C=N–C) groups is 1. The van der Waals surface area contributed by atoms with Crippen LogP contribution in [-0.4, -0.2) is 22.4 Å². The molecule has 0 saturated carbocycles. The number of amides is 1. The summed E-state index contributed by atoms with van der Waals surface area (Å²) in [5.74, 6) is 0.425.